The van der Waals surface area contributed by atoms with Gasteiger partial charge in [0, 0.05) is 6.54 Å². The highest BCUT2D eigenvalue weighted by atomic mass is 32.2. The second-order valence-corrected chi connectivity index (χ2v) is 3.68. The first kappa shape index (κ1) is 9.18. The molecular weight excluding hydrogens is 178 g/mol. The average Bonchev–Trinajstić information content (AvgIpc) is 2.03. The molecule has 1 rings (SSSR count). The summed E-state index contributed by atoms with van der Waals surface area (Å²) in [6.07, 6.45) is 0. The summed E-state index contributed by atoms with van der Waals surface area (Å²) in [5.74, 6) is 0. The predicted molar refractivity (Wildman–Crippen MR) is 44.1 cm³/mol. The molecule has 3 N–H and O–H groups in total. The molecule has 0 saturated carbocycles. The van der Waals surface area contributed by atoms with Crippen LogP contribution in [-0.4, -0.2) is 13.0 Å². The average molecular weight is 187 g/mol. The Kier molecular flexibility index (Phi) is 2.46. The standard InChI is InChI=1S/C7H9NO3S/c8-5-6-3-1-2-4-7(6)12(9,10)11/h1-4H,5,8H2,(H,9,10,11). The minimum absolute atomic E-state index is 0.0932. The van der Waals surface area contributed by atoms with Crippen molar-refractivity contribution in [1.29, 1.82) is 0 Å². The molecule has 0 amide bonds. The first-order valence-electron chi connectivity index (χ1n) is 3.31. The van der Waals surface area contributed by atoms with Gasteiger partial charge in [-0.3, -0.25) is 4.55 Å². The minimum Gasteiger partial charge on any atom is -0.326 e. The maximum atomic E-state index is 10.7. The Morgan fingerprint density at radius 3 is 2.33 bits per heavy atom. The molecule has 1 aromatic rings. The Labute approximate surface area is 70.8 Å². The van der Waals surface area contributed by atoms with E-state index < -0.39 is 10.1 Å². The molecule has 66 valence electrons. The Morgan fingerprint density at radius 1 is 1.33 bits per heavy atom. The van der Waals surface area contributed by atoms with Gasteiger partial charge >= 0.3 is 0 Å². The zero-order valence-corrected chi connectivity index (χ0v) is 7.08. The quantitative estimate of drug-likeness (QED) is 0.656. The van der Waals surface area contributed by atoms with Gasteiger partial charge in [-0.15, -0.1) is 0 Å². The molecule has 0 aromatic heterocycles. The van der Waals surface area contributed by atoms with Crippen LogP contribution in [0, 0.1) is 0 Å². The van der Waals surface area contributed by atoms with Crippen LogP contribution in [0.3, 0.4) is 0 Å². The van der Waals surface area contributed by atoms with Gasteiger partial charge in [0.15, 0.2) is 0 Å². The van der Waals surface area contributed by atoms with Crippen LogP contribution < -0.4 is 5.73 Å². The molecule has 0 heterocycles. The molecule has 12 heavy (non-hydrogen) atoms. The molecule has 0 aliphatic rings. The predicted octanol–water partition coefficient (Wildman–Crippen LogP) is 0.392. The molecule has 0 bridgehead atoms. The molecule has 0 unspecified atom stereocenters. The first-order chi connectivity index (χ1) is 5.55. The highest BCUT2D eigenvalue weighted by molar-refractivity contribution is 7.85. The third-order valence-electron chi connectivity index (χ3n) is 1.47. The van der Waals surface area contributed by atoms with Crippen LogP contribution in [0.25, 0.3) is 0 Å². The monoisotopic (exact) mass is 187 g/mol. The molecule has 0 atom stereocenters. The summed E-state index contributed by atoms with van der Waals surface area (Å²) in [5, 5.41) is 0. The second-order valence-electron chi connectivity index (χ2n) is 2.29. The Bertz CT molecular complexity index is 372. The summed E-state index contributed by atoms with van der Waals surface area (Å²) in [6, 6.07) is 6.07. The van der Waals surface area contributed by atoms with Crippen LogP contribution >= 0.6 is 0 Å². The van der Waals surface area contributed by atoms with Gasteiger partial charge in [0.25, 0.3) is 10.1 Å². The van der Waals surface area contributed by atoms with Crippen LogP contribution in [0.4, 0.5) is 0 Å². The Morgan fingerprint density at radius 2 is 1.92 bits per heavy atom. The number of benzene rings is 1. The minimum atomic E-state index is -4.13. The van der Waals surface area contributed by atoms with Gasteiger partial charge in [0.05, 0.1) is 4.90 Å². The van der Waals surface area contributed by atoms with E-state index in [2.05, 4.69) is 0 Å². The molecule has 0 aliphatic carbocycles. The van der Waals surface area contributed by atoms with E-state index in [-0.39, 0.29) is 11.4 Å². The van der Waals surface area contributed by atoms with Gasteiger partial charge < -0.3 is 5.73 Å². The van der Waals surface area contributed by atoms with Crippen molar-refractivity contribution in [2.45, 2.75) is 11.4 Å². The van der Waals surface area contributed by atoms with Crippen LogP contribution in [0.1, 0.15) is 5.56 Å². The molecule has 0 aliphatic heterocycles. The van der Waals surface area contributed by atoms with Gasteiger partial charge in [-0.05, 0) is 11.6 Å². The molecule has 0 saturated heterocycles. The fraction of sp³-hybridized carbons (Fsp3) is 0.143. The maximum absolute atomic E-state index is 10.7. The first-order valence-corrected chi connectivity index (χ1v) is 4.75. The lowest BCUT2D eigenvalue weighted by Crippen LogP contribution is -2.06. The van der Waals surface area contributed by atoms with Gasteiger partial charge in [-0.1, -0.05) is 18.2 Å². The van der Waals surface area contributed by atoms with Crippen molar-refractivity contribution in [3.8, 4) is 0 Å². The lowest BCUT2D eigenvalue weighted by molar-refractivity contribution is 0.482. The smallest absolute Gasteiger partial charge is 0.294 e. The van der Waals surface area contributed by atoms with Crippen molar-refractivity contribution in [3.05, 3.63) is 29.8 Å². The Balaban J connectivity index is 3.33. The summed E-state index contributed by atoms with van der Waals surface area (Å²) in [4.78, 5) is -0.118. The second kappa shape index (κ2) is 3.22. The Hall–Kier alpha value is -0.910. The lowest BCUT2D eigenvalue weighted by atomic mass is 10.2. The fourth-order valence-electron chi connectivity index (χ4n) is 0.924. The van der Waals surface area contributed by atoms with Crippen molar-refractivity contribution in [2.75, 3.05) is 0 Å². The number of rotatable bonds is 2. The van der Waals surface area contributed by atoms with E-state index in [1.165, 1.54) is 12.1 Å². The topological polar surface area (TPSA) is 80.4 Å². The van der Waals surface area contributed by atoms with E-state index in [1.807, 2.05) is 0 Å². The summed E-state index contributed by atoms with van der Waals surface area (Å²) >= 11 is 0. The van der Waals surface area contributed by atoms with Crippen molar-refractivity contribution < 1.29 is 13.0 Å². The SMILES string of the molecule is NCc1ccccc1S(=O)(=O)O. The van der Waals surface area contributed by atoms with Gasteiger partial charge in [-0.25, -0.2) is 0 Å². The van der Waals surface area contributed by atoms with E-state index >= 15 is 0 Å². The number of hydrogen-bond donors (Lipinski definition) is 2. The molecule has 0 spiro atoms. The van der Waals surface area contributed by atoms with E-state index in [0.717, 1.165) is 0 Å². The van der Waals surface area contributed by atoms with Crippen LogP contribution in [-0.2, 0) is 16.7 Å². The van der Waals surface area contributed by atoms with E-state index in [4.69, 9.17) is 10.3 Å². The van der Waals surface area contributed by atoms with E-state index in [1.54, 1.807) is 12.1 Å². The van der Waals surface area contributed by atoms with Gasteiger partial charge in [0.1, 0.15) is 0 Å². The van der Waals surface area contributed by atoms with Crippen LogP contribution in [0.15, 0.2) is 29.2 Å². The fourth-order valence-corrected chi connectivity index (χ4v) is 1.66. The molecular formula is C7H9NO3S. The van der Waals surface area contributed by atoms with Crippen molar-refractivity contribution in [3.63, 3.8) is 0 Å². The van der Waals surface area contributed by atoms with Gasteiger partial charge in [0.2, 0.25) is 0 Å². The van der Waals surface area contributed by atoms with E-state index in [9.17, 15) is 8.42 Å². The van der Waals surface area contributed by atoms with Gasteiger partial charge in [-0.2, -0.15) is 8.42 Å². The third-order valence-corrected chi connectivity index (χ3v) is 2.42. The largest absolute Gasteiger partial charge is 0.326 e. The summed E-state index contributed by atoms with van der Waals surface area (Å²) in [5.41, 5.74) is 5.69. The third kappa shape index (κ3) is 1.82. The zero-order valence-electron chi connectivity index (χ0n) is 6.27. The number of nitrogens with two attached hydrogens (primary N) is 1. The van der Waals surface area contributed by atoms with Crippen molar-refractivity contribution in [2.24, 2.45) is 5.73 Å². The molecule has 5 heteroatoms. The summed E-state index contributed by atoms with van der Waals surface area (Å²) in [7, 11) is -4.13. The molecule has 4 nitrogen and oxygen atoms in total. The molecule has 1 aromatic carbocycles. The van der Waals surface area contributed by atoms with Crippen LogP contribution in [0.5, 0.6) is 0 Å². The lowest BCUT2D eigenvalue weighted by Gasteiger charge is -2.02. The normalized spacial score (nSPS) is 11.5. The highest BCUT2D eigenvalue weighted by Gasteiger charge is 2.12. The van der Waals surface area contributed by atoms with Crippen LogP contribution in [0.2, 0.25) is 0 Å². The highest BCUT2D eigenvalue weighted by Crippen LogP contribution is 2.13. The zero-order chi connectivity index (χ0) is 9.19. The van der Waals surface area contributed by atoms with Crippen molar-refractivity contribution >= 4 is 10.1 Å². The number of hydrogen-bond acceptors (Lipinski definition) is 3. The van der Waals surface area contributed by atoms with E-state index in [0.29, 0.717) is 5.56 Å². The molecule has 0 radical (unpaired) electrons. The summed E-state index contributed by atoms with van der Waals surface area (Å²) < 4.78 is 30.1. The summed E-state index contributed by atoms with van der Waals surface area (Å²) in [6.45, 7) is 0.0932. The van der Waals surface area contributed by atoms with Crippen molar-refractivity contribution in [1.82, 2.24) is 0 Å². The molecule has 0 fully saturated rings. The maximum Gasteiger partial charge on any atom is 0.294 e.